The van der Waals surface area contributed by atoms with Gasteiger partial charge in [-0.3, -0.25) is 4.79 Å². The maximum Gasteiger partial charge on any atom is 0.437 e. The zero-order chi connectivity index (χ0) is 19.7. The van der Waals surface area contributed by atoms with Crippen LogP contribution in [0.2, 0.25) is 0 Å². The van der Waals surface area contributed by atoms with Crippen LogP contribution in [0.15, 0.2) is 18.2 Å². The fourth-order valence-electron chi connectivity index (χ4n) is 2.70. The molecule has 0 aromatic heterocycles. The Labute approximate surface area is 152 Å². The number of thiocarbonyl (C=S) groups is 1. The monoisotopic (exact) mass is 394 g/mol. The molecule has 0 spiro atoms. The van der Waals surface area contributed by atoms with Crippen LogP contribution in [0.3, 0.4) is 0 Å². The molecule has 1 aliphatic rings. The summed E-state index contributed by atoms with van der Waals surface area (Å²) in [6, 6.07) is 2.33. The van der Waals surface area contributed by atoms with Crippen LogP contribution in [-0.4, -0.2) is 46.9 Å². The number of methoxy groups -OCH3 is 1. The molecule has 4 N–H and O–H groups in total. The van der Waals surface area contributed by atoms with E-state index in [1.165, 1.54) is 32.2 Å². The maximum absolute atomic E-state index is 13.6. The van der Waals surface area contributed by atoms with Crippen LogP contribution < -0.4 is 15.4 Å². The fourth-order valence-corrected chi connectivity index (χ4v) is 2.98. The number of hydrogen-bond donors (Lipinski definition) is 4. The number of hydrogen-bond acceptors (Lipinski definition) is 6. The number of benzene rings is 1. The minimum Gasteiger partial charge on any atom is -0.504 e. The number of carbonyl (C=O) groups excluding carboxylic acids is 1. The summed E-state index contributed by atoms with van der Waals surface area (Å²) >= 11 is 4.78. The molecule has 11 heteroatoms. The Balaban J connectivity index is 2.60. The first-order valence-electron chi connectivity index (χ1n) is 7.46. The van der Waals surface area contributed by atoms with E-state index in [1.54, 1.807) is 5.32 Å². The molecule has 26 heavy (non-hydrogen) atoms. The third-order valence-electron chi connectivity index (χ3n) is 3.91. The highest BCUT2D eigenvalue weighted by Gasteiger charge is 2.66. The molecule has 0 amide bonds. The number of carbonyl (C=O) groups is 1. The van der Waals surface area contributed by atoms with E-state index < -0.39 is 34.9 Å². The molecule has 2 rings (SSSR count). The van der Waals surface area contributed by atoms with Crippen molar-refractivity contribution in [1.29, 1.82) is 0 Å². The predicted octanol–water partition coefficient (Wildman–Crippen LogP) is 1.35. The number of alkyl halides is 3. The van der Waals surface area contributed by atoms with Crippen molar-refractivity contribution < 1.29 is 37.7 Å². The largest absolute Gasteiger partial charge is 0.504 e. The van der Waals surface area contributed by atoms with Gasteiger partial charge in [-0.2, -0.15) is 13.2 Å². The summed E-state index contributed by atoms with van der Waals surface area (Å²) in [6.07, 6.45) is -5.23. The van der Waals surface area contributed by atoms with Crippen molar-refractivity contribution in [3.05, 3.63) is 23.8 Å². The lowest BCUT2D eigenvalue weighted by Crippen LogP contribution is -2.73. The number of aliphatic hydroxyl groups is 1. The van der Waals surface area contributed by atoms with Crippen molar-refractivity contribution in [2.75, 3.05) is 13.7 Å². The Morgan fingerprint density at radius 3 is 2.62 bits per heavy atom. The summed E-state index contributed by atoms with van der Waals surface area (Å²) in [5.41, 5.74) is -3.51. The lowest BCUT2D eigenvalue weighted by molar-refractivity contribution is -0.292. The number of esters is 1. The highest BCUT2D eigenvalue weighted by atomic mass is 32.1. The molecule has 7 nitrogen and oxygen atoms in total. The van der Waals surface area contributed by atoms with E-state index in [1.807, 2.05) is 0 Å². The number of aromatic hydroxyl groups is 1. The quantitative estimate of drug-likeness (QED) is 0.449. The molecule has 1 aliphatic heterocycles. The van der Waals surface area contributed by atoms with Gasteiger partial charge in [0.25, 0.3) is 5.72 Å². The fraction of sp³-hybridized carbons (Fsp3) is 0.467. The second-order valence-electron chi connectivity index (χ2n) is 5.50. The van der Waals surface area contributed by atoms with Gasteiger partial charge in [-0.15, -0.1) is 0 Å². The summed E-state index contributed by atoms with van der Waals surface area (Å²) < 4.78 is 50.4. The molecule has 1 heterocycles. The number of phenolic OH excluding ortho intramolecular Hbond substituents is 1. The third kappa shape index (κ3) is 3.49. The van der Waals surface area contributed by atoms with Gasteiger partial charge in [0.1, 0.15) is 5.92 Å². The van der Waals surface area contributed by atoms with E-state index in [-0.39, 0.29) is 23.7 Å². The number of phenols is 1. The minimum absolute atomic E-state index is 0.0214. The van der Waals surface area contributed by atoms with Crippen LogP contribution >= 0.6 is 12.2 Å². The average molecular weight is 394 g/mol. The van der Waals surface area contributed by atoms with Crippen molar-refractivity contribution in [2.24, 2.45) is 5.92 Å². The molecule has 0 unspecified atom stereocenters. The van der Waals surface area contributed by atoms with Crippen LogP contribution in [-0.2, 0) is 9.53 Å². The molecule has 1 saturated heterocycles. The zero-order valence-corrected chi connectivity index (χ0v) is 14.6. The van der Waals surface area contributed by atoms with Crippen molar-refractivity contribution in [3.63, 3.8) is 0 Å². The van der Waals surface area contributed by atoms with E-state index >= 15 is 0 Å². The molecular formula is C15H17F3N2O5S. The summed E-state index contributed by atoms with van der Waals surface area (Å²) in [6.45, 7) is 1.25. The molecule has 144 valence electrons. The summed E-state index contributed by atoms with van der Waals surface area (Å²) in [5.74, 6) is -3.64. The molecular weight excluding hydrogens is 377 g/mol. The third-order valence-corrected chi connectivity index (χ3v) is 4.13. The average Bonchev–Trinajstić information content (AvgIpc) is 2.53. The van der Waals surface area contributed by atoms with Gasteiger partial charge in [0, 0.05) is 0 Å². The highest BCUT2D eigenvalue weighted by Crippen LogP contribution is 2.44. The first-order chi connectivity index (χ1) is 12.0. The molecule has 0 aliphatic carbocycles. The standard InChI is InChI=1S/C15H17F3N2O5S/c1-3-25-12(22)10-11(7-4-5-8(21)9(6-7)24-2)19-13(26)20-14(10,23)15(16,17)18/h4-6,10-11,21,23H,3H2,1-2H3,(H2,19,20,26)/t10-,11+,14-/m1/s1. The molecule has 1 aromatic rings. The number of nitrogens with one attached hydrogen (secondary N) is 2. The van der Waals surface area contributed by atoms with E-state index in [2.05, 4.69) is 5.32 Å². The van der Waals surface area contributed by atoms with Crippen molar-refractivity contribution in [1.82, 2.24) is 10.6 Å². The Bertz CT molecular complexity index is 715. The summed E-state index contributed by atoms with van der Waals surface area (Å²) in [5, 5.41) is 23.8. The highest BCUT2D eigenvalue weighted by molar-refractivity contribution is 7.80. The minimum atomic E-state index is -5.23. The van der Waals surface area contributed by atoms with Crippen LogP contribution in [0.1, 0.15) is 18.5 Å². The summed E-state index contributed by atoms with van der Waals surface area (Å²) in [7, 11) is 1.26. The molecule has 0 bridgehead atoms. The molecule has 1 fully saturated rings. The maximum atomic E-state index is 13.6. The normalized spacial score (nSPS) is 25.8. The number of rotatable bonds is 4. The topological polar surface area (TPSA) is 100 Å². The Kier molecular flexibility index (Phi) is 5.52. The van der Waals surface area contributed by atoms with Gasteiger partial charge in [0.05, 0.1) is 19.8 Å². The van der Waals surface area contributed by atoms with Gasteiger partial charge < -0.3 is 30.3 Å². The second-order valence-corrected chi connectivity index (χ2v) is 5.91. The van der Waals surface area contributed by atoms with Crippen molar-refractivity contribution in [2.45, 2.75) is 24.9 Å². The zero-order valence-electron chi connectivity index (χ0n) is 13.8. The van der Waals surface area contributed by atoms with Crippen molar-refractivity contribution in [3.8, 4) is 11.5 Å². The second kappa shape index (κ2) is 7.16. The lowest BCUT2D eigenvalue weighted by Gasteiger charge is -2.45. The van der Waals surface area contributed by atoms with Gasteiger partial charge >= 0.3 is 12.1 Å². The predicted molar refractivity (Wildman–Crippen MR) is 87.4 cm³/mol. The number of halogens is 3. The Hall–Kier alpha value is -2.27. The van der Waals surface area contributed by atoms with Gasteiger partial charge in [0.15, 0.2) is 16.6 Å². The van der Waals surface area contributed by atoms with Gasteiger partial charge in [-0.05, 0) is 36.8 Å². The van der Waals surface area contributed by atoms with E-state index in [4.69, 9.17) is 21.7 Å². The first kappa shape index (κ1) is 20.0. The molecule has 0 saturated carbocycles. The van der Waals surface area contributed by atoms with Crippen molar-refractivity contribution >= 4 is 23.3 Å². The van der Waals surface area contributed by atoms with E-state index in [0.717, 1.165) is 0 Å². The number of ether oxygens (including phenoxy) is 2. The molecule has 0 radical (unpaired) electrons. The van der Waals surface area contributed by atoms with Gasteiger partial charge in [-0.1, -0.05) is 6.07 Å². The van der Waals surface area contributed by atoms with Gasteiger partial charge in [-0.25, -0.2) is 0 Å². The SMILES string of the molecule is CCOC(=O)[C@H]1[C@H](c2ccc(O)c(OC)c2)NC(=S)N[C@]1(O)C(F)(F)F. The van der Waals surface area contributed by atoms with Crippen LogP contribution in [0.25, 0.3) is 0 Å². The summed E-state index contributed by atoms with van der Waals surface area (Å²) in [4.78, 5) is 12.3. The smallest absolute Gasteiger partial charge is 0.437 e. The van der Waals surface area contributed by atoms with E-state index in [0.29, 0.717) is 0 Å². The Morgan fingerprint density at radius 2 is 2.08 bits per heavy atom. The molecule has 1 aromatic carbocycles. The van der Waals surface area contributed by atoms with Crippen LogP contribution in [0.4, 0.5) is 13.2 Å². The van der Waals surface area contributed by atoms with Crippen LogP contribution in [0.5, 0.6) is 11.5 Å². The van der Waals surface area contributed by atoms with Crippen LogP contribution in [0, 0.1) is 5.92 Å². The lowest BCUT2D eigenvalue weighted by atomic mass is 9.82. The molecule has 3 atom stereocenters. The van der Waals surface area contributed by atoms with Gasteiger partial charge in [0.2, 0.25) is 0 Å². The first-order valence-corrected chi connectivity index (χ1v) is 7.87. The van der Waals surface area contributed by atoms with E-state index in [9.17, 15) is 28.2 Å². The Morgan fingerprint density at radius 1 is 1.42 bits per heavy atom.